The molecule has 0 aliphatic carbocycles. The van der Waals surface area contributed by atoms with Gasteiger partial charge in [0, 0.05) is 19.6 Å². The van der Waals surface area contributed by atoms with E-state index in [2.05, 4.69) is 17.0 Å². The SMILES string of the molecule is COc1ccc(CCN2CCC(O)CC2)cc1. The Kier molecular flexibility index (Phi) is 4.40. The van der Waals surface area contributed by atoms with Crippen molar-refractivity contribution in [3.63, 3.8) is 0 Å². The first-order valence-corrected chi connectivity index (χ1v) is 6.31. The molecule has 0 saturated carbocycles. The van der Waals surface area contributed by atoms with Crippen LogP contribution in [0.3, 0.4) is 0 Å². The van der Waals surface area contributed by atoms with Gasteiger partial charge in [-0.25, -0.2) is 0 Å². The highest BCUT2D eigenvalue weighted by Crippen LogP contribution is 2.14. The third-order valence-corrected chi connectivity index (χ3v) is 3.43. The largest absolute Gasteiger partial charge is 0.497 e. The second kappa shape index (κ2) is 6.03. The maximum absolute atomic E-state index is 9.43. The van der Waals surface area contributed by atoms with Gasteiger partial charge >= 0.3 is 0 Å². The van der Waals surface area contributed by atoms with Crippen molar-refractivity contribution >= 4 is 0 Å². The van der Waals surface area contributed by atoms with Gasteiger partial charge in [0.1, 0.15) is 5.75 Å². The summed E-state index contributed by atoms with van der Waals surface area (Å²) in [7, 11) is 1.69. The zero-order chi connectivity index (χ0) is 12.1. The highest BCUT2D eigenvalue weighted by Gasteiger charge is 2.16. The van der Waals surface area contributed by atoms with Crippen molar-refractivity contribution in [2.24, 2.45) is 0 Å². The molecule has 3 heteroatoms. The van der Waals surface area contributed by atoms with Crippen LogP contribution in [0.4, 0.5) is 0 Å². The van der Waals surface area contributed by atoms with E-state index in [4.69, 9.17) is 4.74 Å². The number of nitrogens with zero attached hydrogens (tertiary/aromatic N) is 1. The van der Waals surface area contributed by atoms with Crippen LogP contribution in [0.5, 0.6) is 5.75 Å². The first-order chi connectivity index (χ1) is 8.28. The smallest absolute Gasteiger partial charge is 0.118 e. The Hall–Kier alpha value is -1.06. The molecule has 1 aromatic carbocycles. The second-order valence-electron chi connectivity index (χ2n) is 4.67. The van der Waals surface area contributed by atoms with E-state index < -0.39 is 0 Å². The predicted octanol–water partition coefficient (Wildman–Crippen LogP) is 1.69. The minimum atomic E-state index is -0.0766. The van der Waals surface area contributed by atoms with Crippen LogP contribution in [0.2, 0.25) is 0 Å². The summed E-state index contributed by atoms with van der Waals surface area (Å²) in [5.74, 6) is 0.912. The van der Waals surface area contributed by atoms with Crippen LogP contribution in [0, 0.1) is 0 Å². The summed E-state index contributed by atoms with van der Waals surface area (Å²) in [5, 5.41) is 9.43. The van der Waals surface area contributed by atoms with Gasteiger partial charge in [-0.05, 0) is 37.0 Å². The first kappa shape index (κ1) is 12.4. The Morgan fingerprint density at radius 1 is 1.24 bits per heavy atom. The molecule has 0 radical (unpaired) electrons. The fourth-order valence-corrected chi connectivity index (χ4v) is 2.22. The zero-order valence-corrected chi connectivity index (χ0v) is 10.4. The lowest BCUT2D eigenvalue weighted by atomic mass is 10.1. The van der Waals surface area contributed by atoms with Crippen molar-refractivity contribution in [1.29, 1.82) is 0 Å². The summed E-state index contributed by atoms with van der Waals surface area (Å²) in [6.45, 7) is 3.13. The number of rotatable bonds is 4. The third-order valence-electron chi connectivity index (χ3n) is 3.43. The van der Waals surface area contributed by atoms with Crippen LogP contribution >= 0.6 is 0 Å². The lowest BCUT2D eigenvalue weighted by molar-refractivity contribution is 0.0832. The summed E-state index contributed by atoms with van der Waals surface area (Å²) in [5.41, 5.74) is 1.34. The molecule has 0 atom stereocenters. The maximum atomic E-state index is 9.43. The fraction of sp³-hybridized carbons (Fsp3) is 0.571. The van der Waals surface area contributed by atoms with Crippen LogP contribution < -0.4 is 4.74 Å². The van der Waals surface area contributed by atoms with Gasteiger partial charge < -0.3 is 14.7 Å². The van der Waals surface area contributed by atoms with E-state index in [1.165, 1.54) is 5.56 Å². The average Bonchev–Trinajstić information content (AvgIpc) is 2.39. The van der Waals surface area contributed by atoms with Crippen LogP contribution in [0.1, 0.15) is 18.4 Å². The topological polar surface area (TPSA) is 32.7 Å². The Labute approximate surface area is 103 Å². The predicted molar refractivity (Wildman–Crippen MR) is 68.4 cm³/mol. The zero-order valence-electron chi connectivity index (χ0n) is 10.4. The van der Waals surface area contributed by atoms with E-state index in [9.17, 15) is 5.11 Å². The monoisotopic (exact) mass is 235 g/mol. The van der Waals surface area contributed by atoms with Crippen molar-refractivity contribution in [2.75, 3.05) is 26.7 Å². The summed E-state index contributed by atoms with van der Waals surface area (Å²) < 4.78 is 5.14. The molecule has 1 saturated heterocycles. The van der Waals surface area contributed by atoms with E-state index in [0.717, 1.165) is 44.6 Å². The minimum absolute atomic E-state index is 0.0766. The molecule has 0 bridgehead atoms. The van der Waals surface area contributed by atoms with Crippen LogP contribution in [0.25, 0.3) is 0 Å². The van der Waals surface area contributed by atoms with Gasteiger partial charge in [-0.15, -0.1) is 0 Å². The lowest BCUT2D eigenvalue weighted by Crippen LogP contribution is -2.37. The number of benzene rings is 1. The summed E-state index contributed by atoms with van der Waals surface area (Å²) in [6, 6.07) is 8.26. The van der Waals surface area contributed by atoms with E-state index in [-0.39, 0.29) is 6.10 Å². The normalized spacial score (nSPS) is 18.2. The molecular formula is C14H21NO2. The lowest BCUT2D eigenvalue weighted by Gasteiger charge is -2.29. The minimum Gasteiger partial charge on any atom is -0.497 e. The van der Waals surface area contributed by atoms with Gasteiger partial charge in [0.05, 0.1) is 13.2 Å². The van der Waals surface area contributed by atoms with Gasteiger partial charge in [-0.1, -0.05) is 12.1 Å². The number of likely N-dealkylation sites (tertiary alicyclic amines) is 1. The number of hydrogen-bond acceptors (Lipinski definition) is 3. The van der Waals surface area contributed by atoms with Crippen molar-refractivity contribution in [2.45, 2.75) is 25.4 Å². The molecule has 0 aromatic heterocycles. The van der Waals surface area contributed by atoms with E-state index in [1.807, 2.05) is 12.1 Å². The number of piperidine rings is 1. The maximum Gasteiger partial charge on any atom is 0.118 e. The standard InChI is InChI=1S/C14H21NO2/c1-17-14-4-2-12(3-5-14)6-9-15-10-7-13(16)8-11-15/h2-5,13,16H,6-11H2,1H3. The molecule has 1 N–H and O–H groups in total. The van der Waals surface area contributed by atoms with Crippen molar-refractivity contribution in [1.82, 2.24) is 4.90 Å². The van der Waals surface area contributed by atoms with E-state index >= 15 is 0 Å². The molecule has 1 aliphatic heterocycles. The summed E-state index contributed by atoms with van der Waals surface area (Å²) in [6.07, 6.45) is 2.83. The molecule has 1 aromatic rings. The highest BCUT2D eigenvalue weighted by atomic mass is 16.5. The van der Waals surface area contributed by atoms with Crippen molar-refractivity contribution in [3.05, 3.63) is 29.8 Å². The average molecular weight is 235 g/mol. The van der Waals surface area contributed by atoms with E-state index in [0.29, 0.717) is 0 Å². The molecule has 94 valence electrons. The number of ether oxygens (including phenoxy) is 1. The van der Waals surface area contributed by atoms with Gasteiger partial charge in [0.15, 0.2) is 0 Å². The van der Waals surface area contributed by atoms with Crippen molar-refractivity contribution in [3.8, 4) is 5.75 Å². The molecule has 3 nitrogen and oxygen atoms in total. The second-order valence-corrected chi connectivity index (χ2v) is 4.67. The summed E-state index contributed by atoms with van der Waals surface area (Å²) in [4.78, 5) is 2.43. The molecule has 1 aliphatic rings. The highest BCUT2D eigenvalue weighted by molar-refractivity contribution is 5.27. The molecule has 17 heavy (non-hydrogen) atoms. The molecular weight excluding hydrogens is 214 g/mol. The Bertz CT molecular complexity index is 329. The number of aliphatic hydroxyl groups excluding tert-OH is 1. The Morgan fingerprint density at radius 3 is 2.47 bits per heavy atom. The fourth-order valence-electron chi connectivity index (χ4n) is 2.22. The number of hydrogen-bond donors (Lipinski definition) is 1. The van der Waals surface area contributed by atoms with Crippen molar-refractivity contribution < 1.29 is 9.84 Å². The molecule has 1 fully saturated rings. The van der Waals surface area contributed by atoms with E-state index in [1.54, 1.807) is 7.11 Å². The molecule has 0 unspecified atom stereocenters. The molecule has 1 heterocycles. The molecule has 2 rings (SSSR count). The number of methoxy groups -OCH3 is 1. The Balaban J connectivity index is 1.77. The van der Waals surface area contributed by atoms with Crippen LogP contribution in [0.15, 0.2) is 24.3 Å². The van der Waals surface area contributed by atoms with Gasteiger partial charge in [-0.3, -0.25) is 0 Å². The Morgan fingerprint density at radius 2 is 1.88 bits per heavy atom. The first-order valence-electron chi connectivity index (χ1n) is 6.31. The molecule has 0 amide bonds. The molecule has 0 spiro atoms. The quantitative estimate of drug-likeness (QED) is 0.862. The van der Waals surface area contributed by atoms with Crippen LogP contribution in [-0.4, -0.2) is 42.9 Å². The summed E-state index contributed by atoms with van der Waals surface area (Å²) >= 11 is 0. The van der Waals surface area contributed by atoms with Gasteiger partial charge in [-0.2, -0.15) is 0 Å². The number of aliphatic hydroxyl groups is 1. The van der Waals surface area contributed by atoms with Gasteiger partial charge in [0.25, 0.3) is 0 Å². The third kappa shape index (κ3) is 3.72. The van der Waals surface area contributed by atoms with Crippen LogP contribution in [-0.2, 0) is 6.42 Å². The van der Waals surface area contributed by atoms with Gasteiger partial charge in [0.2, 0.25) is 0 Å².